The van der Waals surface area contributed by atoms with E-state index in [1.54, 1.807) is 12.4 Å². The Morgan fingerprint density at radius 1 is 0.867 bits per heavy atom. The number of hydrogen-bond acceptors (Lipinski definition) is 5. The van der Waals surface area contributed by atoms with E-state index in [0.29, 0.717) is 17.2 Å². The van der Waals surface area contributed by atoms with Crippen LogP contribution in [0.1, 0.15) is 10.4 Å². The second kappa shape index (κ2) is 7.87. The van der Waals surface area contributed by atoms with Crippen LogP contribution >= 0.6 is 0 Å². The molecule has 0 unspecified atom stereocenters. The maximum Gasteiger partial charge on any atom is 0.257 e. The first-order valence-corrected chi connectivity index (χ1v) is 10.0. The van der Waals surface area contributed by atoms with Gasteiger partial charge in [0.2, 0.25) is 5.95 Å². The number of rotatable bonds is 4. The van der Waals surface area contributed by atoms with Gasteiger partial charge in [-0.3, -0.25) is 4.79 Å². The van der Waals surface area contributed by atoms with Crippen LogP contribution in [0, 0.1) is 0 Å². The monoisotopic (exact) mass is 398 g/mol. The standard InChI is InChI=1S/C23H22N6O/c30-22(18-14-21-8-4-5-9-29(21)17-18)26-19-15-24-23(25-16-19)28-12-10-27(11-13-28)20-6-2-1-3-7-20/h1-9,14-17H,10-13H2,(H,26,30). The molecule has 3 aromatic heterocycles. The fourth-order valence-electron chi connectivity index (χ4n) is 3.74. The molecule has 0 saturated carbocycles. The number of nitrogens with one attached hydrogen (secondary N) is 1. The number of amides is 1. The van der Waals surface area contributed by atoms with E-state index >= 15 is 0 Å². The number of para-hydroxylation sites is 1. The van der Waals surface area contributed by atoms with Gasteiger partial charge in [0.05, 0.1) is 23.6 Å². The summed E-state index contributed by atoms with van der Waals surface area (Å²) in [6, 6.07) is 18.1. The minimum Gasteiger partial charge on any atom is -0.368 e. The summed E-state index contributed by atoms with van der Waals surface area (Å²) in [6.45, 7) is 3.57. The molecule has 0 radical (unpaired) electrons. The Kier molecular flexibility index (Phi) is 4.77. The molecule has 5 rings (SSSR count). The van der Waals surface area contributed by atoms with Crippen LogP contribution < -0.4 is 15.1 Å². The van der Waals surface area contributed by atoms with E-state index in [9.17, 15) is 4.79 Å². The van der Waals surface area contributed by atoms with Gasteiger partial charge in [-0.25, -0.2) is 9.97 Å². The van der Waals surface area contributed by atoms with Crippen LogP contribution in [0.3, 0.4) is 0 Å². The zero-order valence-electron chi connectivity index (χ0n) is 16.5. The average molecular weight is 398 g/mol. The molecule has 0 aliphatic carbocycles. The molecule has 150 valence electrons. The maximum absolute atomic E-state index is 12.5. The fourth-order valence-corrected chi connectivity index (χ4v) is 3.74. The SMILES string of the molecule is O=C(Nc1cnc(N2CCN(c3ccccc3)CC2)nc1)c1cc2ccccn2c1. The predicted molar refractivity (Wildman–Crippen MR) is 118 cm³/mol. The van der Waals surface area contributed by atoms with Crippen LogP contribution in [0.15, 0.2) is 79.4 Å². The van der Waals surface area contributed by atoms with Crippen molar-refractivity contribution in [3.8, 4) is 0 Å². The van der Waals surface area contributed by atoms with E-state index in [-0.39, 0.29) is 5.91 Å². The van der Waals surface area contributed by atoms with Crippen molar-refractivity contribution in [2.45, 2.75) is 0 Å². The summed E-state index contributed by atoms with van der Waals surface area (Å²) in [5.74, 6) is 0.516. The quantitative estimate of drug-likeness (QED) is 0.571. The smallest absolute Gasteiger partial charge is 0.257 e. The third-order valence-electron chi connectivity index (χ3n) is 5.35. The highest BCUT2D eigenvalue weighted by molar-refractivity contribution is 6.05. The molecule has 1 N–H and O–H groups in total. The van der Waals surface area contributed by atoms with Gasteiger partial charge >= 0.3 is 0 Å². The number of piperazine rings is 1. The first-order valence-electron chi connectivity index (χ1n) is 10.0. The number of benzene rings is 1. The molecule has 0 spiro atoms. The van der Waals surface area contributed by atoms with Crippen molar-refractivity contribution in [3.05, 3.63) is 84.9 Å². The summed E-state index contributed by atoms with van der Waals surface area (Å²) in [7, 11) is 0. The van der Waals surface area contributed by atoms with Gasteiger partial charge in [-0.15, -0.1) is 0 Å². The van der Waals surface area contributed by atoms with Gasteiger partial charge in [0.15, 0.2) is 0 Å². The summed E-state index contributed by atoms with van der Waals surface area (Å²) in [5, 5.41) is 2.87. The summed E-state index contributed by atoms with van der Waals surface area (Å²) in [6.07, 6.45) is 7.06. The Bertz CT molecular complexity index is 1110. The summed E-state index contributed by atoms with van der Waals surface area (Å²) in [4.78, 5) is 26.0. The first kappa shape index (κ1) is 18.2. The topological polar surface area (TPSA) is 65.8 Å². The number of carbonyl (C=O) groups is 1. The molecular weight excluding hydrogens is 376 g/mol. The van der Waals surface area contributed by atoms with Gasteiger partial charge in [-0.1, -0.05) is 24.3 Å². The molecule has 7 heteroatoms. The normalized spacial score (nSPS) is 14.1. The lowest BCUT2D eigenvalue weighted by Crippen LogP contribution is -2.47. The molecule has 1 fully saturated rings. The molecule has 4 aromatic rings. The van der Waals surface area contributed by atoms with Crippen LogP contribution in [0.25, 0.3) is 5.52 Å². The lowest BCUT2D eigenvalue weighted by atomic mass is 10.2. The zero-order chi connectivity index (χ0) is 20.3. The minimum atomic E-state index is -0.175. The summed E-state index contributed by atoms with van der Waals surface area (Å²) >= 11 is 0. The van der Waals surface area contributed by atoms with Crippen molar-refractivity contribution < 1.29 is 4.79 Å². The highest BCUT2D eigenvalue weighted by Gasteiger charge is 2.19. The van der Waals surface area contributed by atoms with Crippen LogP contribution in [0.4, 0.5) is 17.3 Å². The van der Waals surface area contributed by atoms with E-state index in [1.165, 1.54) is 5.69 Å². The first-order chi connectivity index (χ1) is 14.8. The van der Waals surface area contributed by atoms with E-state index in [2.05, 4.69) is 49.4 Å². The van der Waals surface area contributed by atoms with Crippen molar-refractivity contribution in [2.75, 3.05) is 41.3 Å². The van der Waals surface area contributed by atoms with Gasteiger partial charge in [0, 0.05) is 49.8 Å². The van der Waals surface area contributed by atoms with Crippen molar-refractivity contribution in [3.63, 3.8) is 0 Å². The van der Waals surface area contributed by atoms with E-state index in [4.69, 9.17) is 0 Å². The number of pyridine rings is 1. The highest BCUT2D eigenvalue weighted by Crippen LogP contribution is 2.19. The third kappa shape index (κ3) is 3.69. The molecule has 1 aliphatic heterocycles. The number of nitrogens with zero attached hydrogens (tertiary/aromatic N) is 5. The second-order valence-electron chi connectivity index (χ2n) is 7.30. The molecule has 30 heavy (non-hydrogen) atoms. The van der Waals surface area contributed by atoms with Crippen LogP contribution in [0.5, 0.6) is 0 Å². The zero-order valence-corrected chi connectivity index (χ0v) is 16.5. The van der Waals surface area contributed by atoms with Crippen LogP contribution in [0.2, 0.25) is 0 Å². The predicted octanol–water partition coefficient (Wildman–Crippen LogP) is 3.31. The average Bonchev–Trinajstić information content (AvgIpc) is 3.25. The van der Waals surface area contributed by atoms with Gasteiger partial charge in [0.1, 0.15) is 0 Å². The number of aromatic nitrogens is 3. The van der Waals surface area contributed by atoms with Crippen LogP contribution in [-0.4, -0.2) is 46.5 Å². The van der Waals surface area contributed by atoms with Gasteiger partial charge < -0.3 is 19.5 Å². The Morgan fingerprint density at radius 3 is 2.30 bits per heavy atom. The second-order valence-corrected chi connectivity index (χ2v) is 7.30. The Morgan fingerprint density at radius 2 is 1.57 bits per heavy atom. The summed E-state index contributed by atoms with van der Waals surface area (Å²) in [5.41, 5.74) is 3.41. The number of fused-ring (bicyclic) bond motifs is 1. The van der Waals surface area contributed by atoms with E-state index in [1.807, 2.05) is 47.1 Å². The molecule has 1 amide bonds. The minimum absolute atomic E-state index is 0.175. The lowest BCUT2D eigenvalue weighted by molar-refractivity contribution is 0.102. The lowest BCUT2D eigenvalue weighted by Gasteiger charge is -2.36. The Labute approximate surface area is 174 Å². The fraction of sp³-hybridized carbons (Fsp3) is 0.174. The maximum atomic E-state index is 12.5. The van der Waals surface area contributed by atoms with Crippen molar-refractivity contribution in [2.24, 2.45) is 0 Å². The van der Waals surface area contributed by atoms with Gasteiger partial charge in [-0.2, -0.15) is 0 Å². The third-order valence-corrected chi connectivity index (χ3v) is 5.35. The number of anilines is 3. The molecule has 0 bridgehead atoms. The molecule has 7 nitrogen and oxygen atoms in total. The Balaban J connectivity index is 1.21. The largest absolute Gasteiger partial charge is 0.368 e. The van der Waals surface area contributed by atoms with E-state index < -0.39 is 0 Å². The van der Waals surface area contributed by atoms with Gasteiger partial charge in [0.25, 0.3) is 5.91 Å². The number of hydrogen-bond donors (Lipinski definition) is 1. The van der Waals surface area contributed by atoms with Crippen LogP contribution in [-0.2, 0) is 0 Å². The number of carbonyl (C=O) groups excluding carboxylic acids is 1. The molecule has 4 heterocycles. The highest BCUT2D eigenvalue weighted by atomic mass is 16.1. The Hall–Kier alpha value is -3.87. The summed E-state index contributed by atoms with van der Waals surface area (Å²) < 4.78 is 1.92. The molecule has 0 atom stereocenters. The molecule has 1 aliphatic rings. The van der Waals surface area contributed by atoms with Crippen molar-refractivity contribution in [1.29, 1.82) is 0 Å². The van der Waals surface area contributed by atoms with Gasteiger partial charge in [-0.05, 0) is 30.3 Å². The van der Waals surface area contributed by atoms with E-state index in [0.717, 1.165) is 31.7 Å². The van der Waals surface area contributed by atoms with Crippen molar-refractivity contribution >= 4 is 28.7 Å². The molecule has 1 saturated heterocycles. The molecular formula is C23H22N6O. The van der Waals surface area contributed by atoms with Crippen molar-refractivity contribution in [1.82, 2.24) is 14.4 Å². The molecule has 1 aromatic carbocycles.